The van der Waals surface area contributed by atoms with Crippen LogP contribution >= 0.6 is 27.5 Å². The fourth-order valence-corrected chi connectivity index (χ4v) is 3.13. The van der Waals surface area contributed by atoms with Gasteiger partial charge in [0.2, 0.25) is 0 Å². The van der Waals surface area contributed by atoms with Crippen molar-refractivity contribution in [3.8, 4) is 0 Å². The Morgan fingerprint density at radius 2 is 2.23 bits per heavy atom. The number of ether oxygens (including phenoxy) is 1. The molecule has 0 aromatic carbocycles. The molecule has 2 aliphatic rings. The summed E-state index contributed by atoms with van der Waals surface area (Å²) in [5.41, 5.74) is 4.70. The Morgan fingerprint density at radius 3 is 2.86 bits per heavy atom. The van der Waals surface area contributed by atoms with Crippen LogP contribution in [0.3, 0.4) is 0 Å². The summed E-state index contributed by atoms with van der Waals surface area (Å²) in [6, 6.07) is 0.0909. The molecule has 2 N–H and O–H groups in total. The average Bonchev–Trinajstić information content (AvgIpc) is 2.41. The number of hydrogen-bond donors (Lipinski definition) is 1. The van der Waals surface area contributed by atoms with Crippen molar-refractivity contribution >= 4 is 39.5 Å². The third-order valence-corrected chi connectivity index (χ3v) is 4.40. The second-order valence-electron chi connectivity index (χ2n) is 6.47. The largest absolute Gasteiger partial charge is 0.444 e. The third-order valence-electron chi connectivity index (χ3n) is 3.47. The molecule has 2 aliphatic heterocycles. The first-order chi connectivity index (χ1) is 10.2. The number of amidine groups is 1. The van der Waals surface area contributed by atoms with Gasteiger partial charge >= 0.3 is 6.09 Å². The number of piperidine rings is 1. The molecule has 0 aliphatic carbocycles. The standard InChI is InChI=1S/C14H22BrClN4O2/c1-14(2,3)22-13(21)19-6-4-5-9(7-19)20-8-10(15)11(17)18-12(20)16/h8-9,12H,4-7H2,1-3H3,(H2,17,18)/t9?,12-/m0/s1. The zero-order valence-electron chi connectivity index (χ0n) is 13.1. The molecule has 2 rings (SSSR count). The fourth-order valence-electron chi connectivity index (χ4n) is 2.47. The zero-order valence-corrected chi connectivity index (χ0v) is 15.4. The first kappa shape index (κ1) is 17.4. The maximum absolute atomic E-state index is 12.2. The molecular weight excluding hydrogens is 372 g/mol. The molecule has 2 atom stereocenters. The van der Waals surface area contributed by atoms with Gasteiger partial charge in [0.05, 0.1) is 4.48 Å². The lowest BCUT2D eigenvalue weighted by atomic mass is 10.0. The highest BCUT2D eigenvalue weighted by Gasteiger charge is 2.33. The summed E-state index contributed by atoms with van der Waals surface area (Å²) in [5, 5.41) is 0. The van der Waals surface area contributed by atoms with E-state index in [1.54, 1.807) is 4.90 Å². The molecule has 1 fully saturated rings. The lowest BCUT2D eigenvalue weighted by Gasteiger charge is -2.41. The highest BCUT2D eigenvalue weighted by Crippen LogP contribution is 2.27. The van der Waals surface area contributed by atoms with Gasteiger partial charge in [0, 0.05) is 25.3 Å². The summed E-state index contributed by atoms with van der Waals surface area (Å²) in [6.45, 7) is 6.85. The number of nitrogens with zero attached hydrogens (tertiary/aromatic N) is 3. The first-order valence-electron chi connectivity index (χ1n) is 7.28. The van der Waals surface area contributed by atoms with Crippen molar-refractivity contribution in [2.75, 3.05) is 13.1 Å². The van der Waals surface area contributed by atoms with Crippen LogP contribution in [0.2, 0.25) is 0 Å². The van der Waals surface area contributed by atoms with E-state index in [4.69, 9.17) is 22.1 Å². The summed E-state index contributed by atoms with van der Waals surface area (Å²) >= 11 is 9.64. The topological polar surface area (TPSA) is 71.2 Å². The van der Waals surface area contributed by atoms with Crippen molar-refractivity contribution < 1.29 is 9.53 Å². The second-order valence-corrected chi connectivity index (χ2v) is 7.72. The van der Waals surface area contributed by atoms with Crippen LogP contribution in [0, 0.1) is 0 Å². The molecule has 0 saturated carbocycles. The molecule has 6 nitrogen and oxygen atoms in total. The molecule has 1 unspecified atom stereocenters. The Labute approximate surface area is 144 Å². The Balaban J connectivity index is 2.04. The van der Waals surface area contributed by atoms with Gasteiger partial charge in [-0.05, 0) is 49.5 Å². The molecule has 1 saturated heterocycles. The summed E-state index contributed by atoms with van der Waals surface area (Å²) < 4.78 is 6.15. The molecule has 0 aromatic rings. The summed E-state index contributed by atoms with van der Waals surface area (Å²) in [5.74, 6) is 0.385. The van der Waals surface area contributed by atoms with E-state index in [9.17, 15) is 4.79 Å². The lowest BCUT2D eigenvalue weighted by molar-refractivity contribution is 0.0132. The lowest BCUT2D eigenvalue weighted by Crippen LogP contribution is -2.51. The maximum atomic E-state index is 12.2. The number of halogens is 2. The van der Waals surface area contributed by atoms with Gasteiger partial charge in [-0.2, -0.15) is 0 Å². The number of carbonyl (C=O) groups is 1. The van der Waals surface area contributed by atoms with E-state index in [2.05, 4.69) is 20.9 Å². The van der Waals surface area contributed by atoms with Crippen molar-refractivity contribution in [2.24, 2.45) is 10.7 Å². The van der Waals surface area contributed by atoms with E-state index in [1.165, 1.54) is 0 Å². The van der Waals surface area contributed by atoms with Crippen LogP contribution in [-0.4, -0.2) is 52.1 Å². The van der Waals surface area contributed by atoms with Crippen molar-refractivity contribution in [1.82, 2.24) is 9.80 Å². The van der Waals surface area contributed by atoms with Crippen molar-refractivity contribution in [3.05, 3.63) is 10.7 Å². The monoisotopic (exact) mass is 392 g/mol. The number of hydrogen-bond acceptors (Lipinski definition) is 5. The van der Waals surface area contributed by atoms with Crippen LogP contribution in [0.1, 0.15) is 33.6 Å². The van der Waals surface area contributed by atoms with Crippen molar-refractivity contribution in [3.63, 3.8) is 0 Å². The fraction of sp³-hybridized carbons (Fsp3) is 0.714. The van der Waals surface area contributed by atoms with Crippen LogP contribution in [0.25, 0.3) is 0 Å². The third kappa shape index (κ3) is 4.29. The van der Waals surface area contributed by atoms with E-state index < -0.39 is 11.2 Å². The molecule has 8 heteroatoms. The summed E-state index contributed by atoms with van der Waals surface area (Å²) in [7, 11) is 0. The highest BCUT2D eigenvalue weighted by atomic mass is 79.9. The van der Waals surface area contributed by atoms with Crippen LogP contribution < -0.4 is 5.73 Å². The predicted molar refractivity (Wildman–Crippen MR) is 90.9 cm³/mol. The SMILES string of the molecule is CC(C)(C)OC(=O)N1CCCC(N2C=C(Br)C(N)=N[C@@H]2Cl)C1. The summed E-state index contributed by atoms with van der Waals surface area (Å²) in [4.78, 5) is 20.1. The average molecular weight is 394 g/mol. The summed E-state index contributed by atoms with van der Waals surface area (Å²) in [6.07, 6.45) is 3.40. The van der Waals surface area contributed by atoms with E-state index in [-0.39, 0.29) is 12.1 Å². The van der Waals surface area contributed by atoms with E-state index in [0.29, 0.717) is 23.4 Å². The second kappa shape index (κ2) is 6.66. The van der Waals surface area contributed by atoms with E-state index in [0.717, 1.165) is 12.8 Å². The highest BCUT2D eigenvalue weighted by molar-refractivity contribution is 9.12. The smallest absolute Gasteiger partial charge is 0.410 e. The number of carbonyl (C=O) groups excluding carboxylic acids is 1. The minimum absolute atomic E-state index is 0.0909. The van der Waals surface area contributed by atoms with Crippen LogP contribution in [0.4, 0.5) is 4.79 Å². The van der Waals surface area contributed by atoms with Gasteiger partial charge in [-0.3, -0.25) is 0 Å². The molecule has 0 radical (unpaired) electrons. The molecule has 124 valence electrons. The van der Waals surface area contributed by atoms with Gasteiger partial charge in [-0.25, -0.2) is 9.79 Å². The normalized spacial score (nSPS) is 26.4. The molecule has 0 aromatic heterocycles. The Morgan fingerprint density at radius 1 is 1.55 bits per heavy atom. The van der Waals surface area contributed by atoms with E-state index >= 15 is 0 Å². The number of alkyl halides is 1. The molecule has 1 amide bonds. The van der Waals surface area contributed by atoms with Gasteiger partial charge in [-0.1, -0.05) is 11.6 Å². The molecule has 2 heterocycles. The molecule has 0 bridgehead atoms. The van der Waals surface area contributed by atoms with Crippen LogP contribution in [0.15, 0.2) is 15.7 Å². The number of nitrogens with two attached hydrogens (primary N) is 1. The van der Waals surface area contributed by atoms with Crippen molar-refractivity contribution in [2.45, 2.75) is 50.9 Å². The Hall–Kier alpha value is -0.950. The first-order valence-corrected chi connectivity index (χ1v) is 8.51. The van der Waals surface area contributed by atoms with Gasteiger partial charge in [0.1, 0.15) is 11.4 Å². The maximum Gasteiger partial charge on any atom is 0.410 e. The molecule has 22 heavy (non-hydrogen) atoms. The number of rotatable bonds is 1. The predicted octanol–water partition coefficient (Wildman–Crippen LogP) is 2.82. The molecular formula is C14H22BrClN4O2. The van der Waals surface area contributed by atoms with Crippen molar-refractivity contribution in [1.29, 1.82) is 0 Å². The van der Waals surface area contributed by atoms with Gasteiger partial charge in [-0.15, -0.1) is 0 Å². The number of likely N-dealkylation sites (tertiary alicyclic amines) is 1. The quantitative estimate of drug-likeness (QED) is 0.549. The molecule has 0 spiro atoms. The van der Waals surface area contributed by atoms with Gasteiger partial charge in [0.25, 0.3) is 0 Å². The minimum atomic E-state index is -0.551. The zero-order chi connectivity index (χ0) is 16.5. The van der Waals surface area contributed by atoms with Crippen LogP contribution in [-0.2, 0) is 4.74 Å². The van der Waals surface area contributed by atoms with Gasteiger partial charge in [0.15, 0.2) is 5.62 Å². The Bertz CT molecular complexity index is 504. The number of amides is 1. The minimum Gasteiger partial charge on any atom is -0.444 e. The number of aliphatic imine (C=N–C) groups is 1. The van der Waals surface area contributed by atoms with Gasteiger partial charge < -0.3 is 20.3 Å². The van der Waals surface area contributed by atoms with E-state index in [1.807, 2.05) is 31.9 Å². The Kier molecular flexibility index (Phi) is 5.27. The van der Waals surface area contributed by atoms with Crippen LogP contribution in [0.5, 0.6) is 0 Å².